The summed E-state index contributed by atoms with van der Waals surface area (Å²) in [6.07, 6.45) is 2.34. The maximum absolute atomic E-state index is 12.7. The fraction of sp³-hybridized carbons (Fsp3) is 0.304. The van der Waals surface area contributed by atoms with Crippen LogP contribution in [0.3, 0.4) is 0 Å². The van der Waals surface area contributed by atoms with Crippen molar-refractivity contribution in [2.45, 2.75) is 46.1 Å². The third-order valence-electron chi connectivity index (χ3n) is 5.35. The standard InChI is InChI=1S/C23H22N2O3/c1-13-14(2)25-21-12-19(9-10-20(21)24-13)23(27)28-15(3)22(26)18-8-7-16-5-4-6-17(16)11-18/h7-12,15H,4-6H2,1-3H3/t15-/m1/s1. The second kappa shape index (κ2) is 7.15. The summed E-state index contributed by atoms with van der Waals surface area (Å²) in [6.45, 7) is 5.39. The number of rotatable bonds is 4. The summed E-state index contributed by atoms with van der Waals surface area (Å²) < 4.78 is 5.44. The summed E-state index contributed by atoms with van der Waals surface area (Å²) in [5.41, 5.74) is 6.52. The molecule has 0 fully saturated rings. The first-order valence-electron chi connectivity index (χ1n) is 9.54. The number of Topliss-reactive ketones (excluding diaryl/α,β-unsaturated/α-hetero) is 1. The average molecular weight is 374 g/mol. The van der Waals surface area contributed by atoms with Gasteiger partial charge in [0.2, 0.25) is 5.78 Å². The van der Waals surface area contributed by atoms with Gasteiger partial charge in [-0.15, -0.1) is 0 Å². The van der Waals surface area contributed by atoms with Gasteiger partial charge >= 0.3 is 5.97 Å². The molecule has 0 radical (unpaired) electrons. The number of aryl methyl sites for hydroxylation is 4. The van der Waals surface area contributed by atoms with E-state index in [4.69, 9.17) is 4.74 Å². The molecule has 1 aromatic heterocycles. The smallest absolute Gasteiger partial charge is 0.338 e. The molecule has 142 valence electrons. The first-order chi connectivity index (χ1) is 13.4. The molecule has 0 unspecified atom stereocenters. The van der Waals surface area contributed by atoms with Gasteiger partial charge in [0.25, 0.3) is 0 Å². The SMILES string of the molecule is Cc1nc2ccc(C(=O)O[C@H](C)C(=O)c3ccc4c(c3)CCC4)cc2nc1C. The molecule has 1 heterocycles. The van der Waals surface area contributed by atoms with Gasteiger partial charge in [0.15, 0.2) is 6.10 Å². The molecule has 5 heteroatoms. The van der Waals surface area contributed by atoms with Crippen molar-refractivity contribution in [3.63, 3.8) is 0 Å². The second-order valence-electron chi connectivity index (χ2n) is 7.35. The minimum Gasteiger partial charge on any atom is -0.451 e. The topological polar surface area (TPSA) is 69.2 Å². The predicted octanol–water partition coefficient (Wildman–Crippen LogP) is 4.16. The van der Waals surface area contributed by atoms with E-state index >= 15 is 0 Å². The monoisotopic (exact) mass is 374 g/mol. The third kappa shape index (κ3) is 3.40. The minimum atomic E-state index is -0.853. The largest absolute Gasteiger partial charge is 0.451 e. The van der Waals surface area contributed by atoms with Crippen molar-refractivity contribution >= 4 is 22.8 Å². The van der Waals surface area contributed by atoms with Crippen LogP contribution in [0.2, 0.25) is 0 Å². The number of esters is 1. The molecule has 0 aliphatic heterocycles. The Morgan fingerprint density at radius 3 is 2.36 bits per heavy atom. The summed E-state index contributed by atoms with van der Waals surface area (Å²) in [4.78, 5) is 34.2. The highest BCUT2D eigenvalue weighted by Crippen LogP contribution is 2.24. The van der Waals surface area contributed by atoms with Crippen molar-refractivity contribution in [3.8, 4) is 0 Å². The van der Waals surface area contributed by atoms with Crippen molar-refractivity contribution in [1.82, 2.24) is 9.97 Å². The van der Waals surface area contributed by atoms with E-state index in [0.29, 0.717) is 16.6 Å². The molecule has 0 spiro atoms. The van der Waals surface area contributed by atoms with Crippen LogP contribution >= 0.6 is 0 Å². The minimum absolute atomic E-state index is 0.185. The van der Waals surface area contributed by atoms with E-state index in [0.717, 1.165) is 36.2 Å². The molecule has 4 rings (SSSR count). The van der Waals surface area contributed by atoms with E-state index in [1.54, 1.807) is 25.1 Å². The van der Waals surface area contributed by atoms with Gasteiger partial charge in [-0.2, -0.15) is 0 Å². The Bertz CT molecular complexity index is 1100. The molecular formula is C23H22N2O3. The number of benzene rings is 2. The van der Waals surface area contributed by atoms with E-state index in [1.165, 1.54) is 11.1 Å². The molecule has 0 saturated heterocycles. The van der Waals surface area contributed by atoms with Gasteiger partial charge in [-0.25, -0.2) is 14.8 Å². The first kappa shape index (κ1) is 18.3. The number of carbonyl (C=O) groups excluding carboxylic acids is 2. The van der Waals surface area contributed by atoms with Gasteiger partial charge in [-0.3, -0.25) is 4.79 Å². The quantitative estimate of drug-likeness (QED) is 0.506. The number of hydrogen-bond acceptors (Lipinski definition) is 5. The number of fused-ring (bicyclic) bond motifs is 2. The summed E-state index contributed by atoms with van der Waals surface area (Å²) in [5.74, 6) is -0.723. The van der Waals surface area contributed by atoms with Crippen LogP contribution in [-0.4, -0.2) is 27.8 Å². The summed E-state index contributed by atoms with van der Waals surface area (Å²) in [7, 11) is 0. The third-order valence-corrected chi connectivity index (χ3v) is 5.35. The number of hydrogen-bond donors (Lipinski definition) is 0. The van der Waals surface area contributed by atoms with Crippen LogP contribution in [0.4, 0.5) is 0 Å². The molecule has 0 N–H and O–H groups in total. The molecule has 1 atom stereocenters. The Balaban J connectivity index is 1.51. The molecule has 0 saturated carbocycles. The highest BCUT2D eigenvalue weighted by molar-refractivity contribution is 6.02. The fourth-order valence-electron chi connectivity index (χ4n) is 3.60. The lowest BCUT2D eigenvalue weighted by molar-refractivity contribution is 0.0319. The van der Waals surface area contributed by atoms with Crippen molar-refractivity contribution in [1.29, 1.82) is 0 Å². The lowest BCUT2D eigenvalue weighted by atomic mass is 10.0. The van der Waals surface area contributed by atoms with Crippen LogP contribution in [0.25, 0.3) is 11.0 Å². The van der Waals surface area contributed by atoms with Gasteiger partial charge in [-0.05, 0) is 75.4 Å². The average Bonchev–Trinajstić information content (AvgIpc) is 3.15. The molecule has 28 heavy (non-hydrogen) atoms. The van der Waals surface area contributed by atoms with E-state index < -0.39 is 12.1 Å². The van der Waals surface area contributed by atoms with Crippen molar-refractivity contribution < 1.29 is 14.3 Å². The number of ether oxygens (including phenoxy) is 1. The first-order valence-corrected chi connectivity index (χ1v) is 9.54. The zero-order valence-electron chi connectivity index (χ0n) is 16.3. The Morgan fingerprint density at radius 2 is 1.57 bits per heavy atom. The van der Waals surface area contributed by atoms with E-state index in [-0.39, 0.29) is 5.78 Å². The molecule has 5 nitrogen and oxygen atoms in total. The Labute approximate surface area is 163 Å². The maximum atomic E-state index is 12.7. The highest BCUT2D eigenvalue weighted by Gasteiger charge is 2.22. The van der Waals surface area contributed by atoms with Crippen molar-refractivity contribution in [2.24, 2.45) is 0 Å². The molecule has 0 bridgehead atoms. The van der Waals surface area contributed by atoms with Gasteiger partial charge in [0.05, 0.1) is 28.0 Å². The van der Waals surface area contributed by atoms with Crippen LogP contribution in [0.1, 0.15) is 56.6 Å². The number of nitrogens with zero attached hydrogens (tertiary/aromatic N) is 2. The van der Waals surface area contributed by atoms with E-state index in [9.17, 15) is 9.59 Å². The van der Waals surface area contributed by atoms with Crippen LogP contribution in [0.15, 0.2) is 36.4 Å². The summed E-state index contributed by atoms with van der Waals surface area (Å²) in [6, 6.07) is 10.8. The molecule has 0 amide bonds. The Kier molecular flexibility index (Phi) is 4.67. The predicted molar refractivity (Wildman–Crippen MR) is 107 cm³/mol. The molecular weight excluding hydrogens is 352 g/mol. The Hall–Kier alpha value is -3.08. The van der Waals surface area contributed by atoms with Crippen LogP contribution in [0.5, 0.6) is 0 Å². The van der Waals surface area contributed by atoms with E-state index in [1.807, 2.05) is 32.0 Å². The lowest BCUT2D eigenvalue weighted by Crippen LogP contribution is -2.24. The van der Waals surface area contributed by atoms with Gasteiger partial charge in [0, 0.05) is 5.56 Å². The number of carbonyl (C=O) groups is 2. The lowest BCUT2D eigenvalue weighted by Gasteiger charge is -2.13. The maximum Gasteiger partial charge on any atom is 0.338 e. The van der Waals surface area contributed by atoms with Crippen molar-refractivity contribution in [2.75, 3.05) is 0 Å². The highest BCUT2D eigenvalue weighted by atomic mass is 16.5. The number of aromatic nitrogens is 2. The Morgan fingerprint density at radius 1 is 0.893 bits per heavy atom. The van der Waals surface area contributed by atoms with Crippen LogP contribution in [-0.2, 0) is 17.6 Å². The van der Waals surface area contributed by atoms with E-state index in [2.05, 4.69) is 9.97 Å². The van der Waals surface area contributed by atoms with Crippen LogP contribution < -0.4 is 0 Å². The molecule has 2 aromatic carbocycles. The normalized spacial score (nSPS) is 14.0. The molecule has 1 aliphatic rings. The molecule has 3 aromatic rings. The zero-order chi connectivity index (χ0) is 19.8. The fourth-order valence-corrected chi connectivity index (χ4v) is 3.60. The molecule has 1 aliphatic carbocycles. The second-order valence-corrected chi connectivity index (χ2v) is 7.35. The van der Waals surface area contributed by atoms with Gasteiger partial charge < -0.3 is 4.74 Å². The summed E-state index contributed by atoms with van der Waals surface area (Å²) >= 11 is 0. The van der Waals surface area contributed by atoms with Gasteiger partial charge in [0.1, 0.15) is 0 Å². The van der Waals surface area contributed by atoms with Gasteiger partial charge in [-0.1, -0.05) is 12.1 Å². The van der Waals surface area contributed by atoms with Crippen LogP contribution in [0, 0.1) is 13.8 Å². The summed E-state index contributed by atoms with van der Waals surface area (Å²) in [5, 5.41) is 0. The zero-order valence-corrected chi connectivity index (χ0v) is 16.3. The van der Waals surface area contributed by atoms with Crippen molar-refractivity contribution in [3.05, 3.63) is 70.0 Å². The number of ketones is 1.